The van der Waals surface area contributed by atoms with Gasteiger partial charge < -0.3 is 14.6 Å². The molecule has 1 saturated carbocycles. The van der Waals surface area contributed by atoms with E-state index in [9.17, 15) is 5.11 Å². The summed E-state index contributed by atoms with van der Waals surface area (Å²) in [7, 11) is 1.64. The third kappa shape index (κ3) is 1.46. The third-order valence-corrected chi connectivity index (χ3v) is 4.23. The zero-order valence-electron chi connectivity index (χ0n) is 9.45. The monoisotopic (exact) mass is 222 g/mol. The van der Waals surface area contributed by atoms with Crippen molar-refractivity contribution in [1.82, 2.24) is 0 Å². The van der Waals surface area contributed by atoms with Crippen molar-refractivity contribution in [2.45, 2.75) is 18.6 Å². The summed E-state index contributed by atoms with van der Waals surface area (Å²) in [5, 5.41) is 10.0. The molecule has 0 aromatic carbocycles. The molecule has 0 radical (unpaired) electrons. The molecule has 0 aromatic heterocycles. The number of aliphatic hydroxyl groups is 1. The highest BCUT2D eigenvalue weighted by molar-refractivity contribution is 5.22. The van der Waals surface area contributed by atoms with Crippen molar-refractivity contribution in [1.29, 1.82) is 0 Å². The van der Waals surface area contributed by atoms with Crippen LogP contribution < -0.4 is 0 Å². The molecule has 0 spiro atoms. The molecule has 1 N–H and O–H groups in total. The number of rotatable bonds is 3. The van der Waals surface area contributed by atoms with Gasteiger partial charge in [-0.05, 0) is 18.3 Å². The fourth-order valence-electron chi connectivity index (χ4n) is 3.64. The Morgan fingerprint density at radius 3 is 2.62 bits per heavy atom. The molecule has 0 unspecified atom stereocenters. The van der Waals surface area contributed by atoms with Gasteiger partial charge in [-0.1, -0.05) is 24.3 Å². The molecule has 0 aromatic rings. The van der Waals surface area contributed by atoms with Gasteiger partial charge in [-0.3, -0.25) is 0 Å². The van der Waals surface area contributed by atoms with Crippen LogP contribution in [-0.2, 0) is 9.47 Å². The maximum atomic E-state index is 10.0. The van der Waals surface area contributed by atoms with E-state index in [2.05, 4.69) is 12.2 Å². The number of fused-ring (bicyclic) bond motifs is 5. The molecule has 3 aliphatic rings. The Hall–Kier alpha value is -0.640. The second kappa shape index (κ2) is 3.99. The van der Waals surface area contributed by atoms with E-state index in [1.807, 2.05) is 12.2 Å². The maximum Gasteiger partial charge on any atom is 0.147 e. The molecule has 16 heavy (non-hydrogen) atoms. The largest absolute Gasteiger partial charge is 0.389 e. The van der Waals surface area contributed by atoms with Crippen LogP contribution in [0.25, 0.3) is 0 Å². The van der Waals surface area contributed by atoms with Gasteiger partial charge in [0, 0.05) is 18.9 Å². The fourth-order valence-corrected chi connectivity index (χ4v) is 3.64. The van der Waals surface area contributed by atoms with Crippen molar-refractivity contribution < 1.29 is 14.6 Å². The topological polar surface area (TPSA) is 38.7 Å². The molecular formula is C13H18O3. The lowest BCUT2D eigenvalue weighted by Crippen LogP contribution is -2.41. The summed E-state index contributed by atoms with van der Waals surface area (Å²) >= 11 is 0. The fraction of sp³-hybridized carbons (Fsp3) is 0.692. The molecule has 3 nitrogen and oxygen atoms in total. The molecule has 0 amide bonds. The van der Waals surface area contributed by atoms with Crippen LogP contribution in [0.2, 0.25) is 0 Å². The molecule has 6 atom stereocenters. The second-order valence-corrected chi connectivity index (χ2v) is 5.02. The Balaban J connectivity index is 1.81. The number of hydrogen-bond donors (Lipinski definition) is 1. The minimum atomic E-state index is -0.299. The molecule has 1 fully saturated rings. The van der Waals surface area contributed by atoms with Gasteiger partial charge in [0.1, 0.15) is 6.79 Å². The van der Waals surface area contributed by atoms with Gasteiger partial charge in [-0.15, -0.1) is 0 Å². The van der Waals surface area contributed by atoms with E-state index in [1.54, 1.807) is 7.11 Å². The normalized spacial score (nSPS) is 48.6. The van der Waals surface area contributed by atoms with Crippen molar-refractivity contribution in [3.8, 4) is 0 Å². The van der Waals surface area contributed by atoms with Crippen molar-refractivity contribution in [3.05, 3.63) is 24.3 Å². The Labute approximate surface area is 95.7 Å². The van der Waals surface area contributed by atoms with Gasteiger partial charge >= 0.3 is 0 Å². The zero-order valence-corrected chi connectivity index (χ0v) is 9.45. The number of methoxy groups -OCH3 is 1. The number of hydrogen-bond acceptors (Lipinski definition) is 3. The SMILES string of the molecule is COCO[C@H]1C=C[C@@H](O)[C@@H]2[C@H]1[C@@H]1C=C[C@H]2C1. The van der Waals surface area contributed by atoms with Crippen LogP contribution in [0.15, 0.2) is 24.3 Å². The Morgan fingerprint density at radius 2 is 1.88 bits per heavy atom. The summed E-state index contributed by atoms with van der Waals surface area (Å²) in [6.07, 6.45) is 9.43. The molecule has 3 heteroatoms. The highest BCUT2D eigenvalue weighted by Crippen LogP contribution is 2.53. The third-order valence-electron chi connectivity index (χ3n) is 4.23. The lowest BCUT2D eigenvalue weighted by Gasteiger charge is -2.38. The van der Waals surface area contributed by atoms with Crippen LogP contribution in [0.3, 0.4) is 0 Å². The molecular weight excluding hydrogens is 204 g/mol. The van der Waals surface area contributed by atoms with Crippen LogP contribution in [0.4, 0.5) is 0 Å². The van der Waals surface area contributed by atoms with Gasteiger partial charge in [-0.2, -0.15) is 0 Å². The minimum Gasteiger partial charge on any atom is -0.389 e. The van der Waals surface area contributed by atoms with Crippen LogP contribution in [-0.4, -0.2) is 31.2 Å². The molecule has 0 heterocycles. The van der Waals surface area contributed by atoms with Gasteiger partial charge in [0.05, 0.1) is 12.2 Å². The van der Waals surface area contributed by atoms with Crippen LogP contribution in [0, 0.1) is 23.7 Å². The molecule has 3 aliphatic carbocycles. The molecule has 0 aliphatic heterocycles. The average molecular weight is 222 g/mol. The number of ether oxygens (including phenoxy) is 2. The Bertz CT molecular complexity index is 323. The number of aliphatic hydroxyl groups excluding tert-OH is 1. The lowest BCUT2D eigenvalue weighted by atomic mass is 9.73. The second-order valence-electron chi connectivity index (χ2n) is 5.02. The first-order chi connectivity index (χ1) is 7.81. The first kappa shape index (κ1) is 10.5. The smallest absolute Gasteiger partial charge is 0.147 e. The average Bonchev–Trinajstić information content (AvgIpc) is 2.89. The predicted octanol–water partition coefficient (Wildman–Crippen LogP) is 1.34. The number of allylic oxidation sites excluding steroid dienone is 2. The van der Waals surface area contributed by atoms with Crippen LogP contribution >= 0.6 is 0 Å². The highest BCUT2D eigenvalue weighted by atomic mass is 16.7. The summed E-state index contributed by atoms with van der Waals surface area (Å²) in [5.74, 6) is 1.91. The highest BCUT2D eigenvalue weighted by Gasteiger charge is 2.51. The molecule has 3 rings (SSSR count). The van der Waals surface area contributed by atoms with Crippen molar-refractivity contribution in [2.24, 2.45) is 23.7 Å². The van der Waals surface area contributed by atoms with Gasteiger partial charge in [0.2, 0.25) is 0 Å². The van der Waals surface area contributed by atoms with Crippen molar-refractivity contribution >= 4 is 0 Å². The Morgan fingerprint density at radius 1 is 1.12 bits per heavy atom. The van der Waals surface area contributed by atoms with E-state index in [1.165, 1.54) is 6.42 Å². The van der Waals surface area contributed by atoms with Gasteiger partial charge in [0.15, 0.2) is 0 Å². The Kier molecular flexibility index (Phi) is 2.62. The molecule has 2 bridgehead atoms. The summed E-state index contributed by atoms with van der Waals surface area (Å²) in [6, 6.07) is 0. The molecule has 88 valence electrons. The predicted molar refractivity (Wildman–Crippen MR) is 59.6 cm³/mol. The summed E-state index contributed by atoms with van der Waals surface area (Å²) in [5.41, 5.74) is 0. The minimum absolute atomic E-state index is 0.105. The van der Waals surface area contributed by atoms with Gasteiger partial charge in [0.25, 0.3) is 0 Å². The van der Waals surface area contributed by atoms with Crippen LogP contribution in [0.1, 0.15) is 6.42 Å². The lowest BCUT2D eigenvalue weighted by molar-refractivity contribution is -0.0948. The van der Waals surface area contributed by atoms with Crippen molar-refractivity contribution in [2.75, 3.05) is 13.9 Å². The van der Waals surface area contributed by atoms with E-state index in [0.717, 1.165) is 0 Å². The van der Waals surface area contributed by atoms with Crippen molar-refractivity contribution in [3.63, 3.8) is 0 Å². The zero-order chi connectivity index (χ0) is 11.1. The summed E-state index contributed by atoms with van der Waals surface area (Å²) in [6.45, 7) is 0.329. The summed E-state index contributed by atoms with van der Waals surface area (Å²) < 4.78 is 10.7. The van der Waals surface area contributed by atoms with Gasteiger partial charge in [-0.25, -0.2) is 0 Å². The van der Waals surface area contributed by atoms with Crippen LogP contribution in [0.5, 0.6) is 0 Å². The van der Waals surface area contributed by atoms with E-state index in [4.69, 9.17) is 9.47 Å². The summed E-state index contributed by atoms with van der Waals surface area (Å²) in [4.78, 5) is 0. The van der Waals surface area contributed by atoms with E-state index < -0.39 is 0 Å². The first-order valence-electron chi connectivity index (χ1n) is 5.96. The van der Waals surface area contributed by atoms with E-state index >= 15 is 0 Å². The molecule has 0 saturated heterocycles. The first-order valence-corrected chi connectivity index (χ1v) is 5.96. The standard InChI is InChI=1S/C13H18O3/c1-15-7-16-11-5-4-10(14)12-8-2-3-9(6-8)13(11)12/h2-5,8-14H,6-7H2,1H3/t8-,9+,10+,11-,12+,13-/m0/s1. The van der Waals surface area contributed by atoms with E-state index in [0.29, 0.717) is 30.5 Å². The quantitative estimate of drug-likeness (QED) is 0.578. The maximum absolute atomic E-state index is 10.0. The van der Waals surface area contributed by atoms with E-state index in [-0.39, 0.29) is 12.2 Å².